The fraction of sp³-hybridized carbons (Fsp3) is 0.160. The lowest BCUT2D eigenvalue weighted by Gasteiger charge is -2.26. The van der Waals surface area contributed by atoms with Gasteiger partial charge in [0.25, 0.3) is 0 Å². The molecule has 7 aromatic rings. The SMILES string of the molecule is Cc1cc(P(=O)(c2ccccc2)c2ccccc2)cc2c1-c1cc3c(cc1C2(C)C)-c1c(C)cc(P(=O)(c2ccccc2)c2ccccc2)cc1C3(C)C. The van der Waals surface area contributed by atoms with Gasteiger partial charge in [0.15, 0.2) is 14.3 Å². The highest BCUT2D eigenvalue weighted by molar-refractivity contribution is 7.85. The van der Waals surface area contributed by atoms with Gasteiger partial charge in [0, 0.05) is 42.7 Å². The van der Waals surface area contributed by atoms with E-state index in [1.807, 2.05) is 121 Å². The number of rotatable bonds is 6. The largest absolute Gasteiger partial charge is 0.309 e. The summed E-state index contributed by atoms with van der Waals surface area (Å²) in [5.41, 5.74) is 11.7. The number of aryl methyl sites for hydroxylation is 2. The van der Waals surface area contributed by atoms with Crippen molar-refractivity contribution in [3.8, 4) is 22.3 Å². The third-order valence-corrected chi connectivity index (χ3v) is 18.3. The third-order valence-electron chi connectivity index (χ3n) is 12.2. The minimum absolute atomic E-state index is 0.324. The minimum atomic E-state index is -3.16. The summed E-state index contributed by atoms with van der Waals surface area (Å²) >= 11 is 0. The standard InChI is InChI=1S/C50H44O2P2/c1-33-27-39(53(51,35-19-11-7-12-20-35)36-21-13-8-14-22-36)29-45-47(33)41-31-44-42(32-43(41)49(45,3)4)48-34(2)28-40(30-46(48)50(44,5)6)54(52,37-23-15-9-16-24-37)38-25-17-10-18-26-38/h7-32H,1-6H3. The van der Waals surface area contributed by atoms with Crippen LogP contribution in [0.15, 0.2) is 158 Å². The van der Waals surface area contributed by atoms with E-state index < -0.39 is 14.3 Å². The summed E-state index contributed by atoms with van der Waals surface area (Å²) < 4.78 is 31.1. The topological polar surface area (TPSA) is 34.1 Å². The Hall–Kier alpha value is -5.00. The van der Waals surface area contributed by atoms with Crippen LogP contribution >= 0.6 is 14.3 Å². The van der Waals surface area contributed by atoms with Crippen molar-refractivity contribution in [3.63, 3.8) is 0 Å². The Balaban J connectivity index is 1.22. The van der Waals surface area contributed by atoms with Crippen molar-refractivity contribution in [2.75, 3.05) is 0 Å². The predicted molar refractivity (Wildman–Crippen MR) is 230 cm³/mol. The fourth-order valence-corrected chi connectivity index (χ4v) is 14.9. The molecule has 54 heavy (non-hydrogen) atoms. The molecule has 266 valence electrons. The zero-order valence-electron chi connectivity index (χ0n) is 31.7. The number of fused-ring (bicyclic) bond motifs is 6. The molecular weight excluding hydrogens is 694 g/mol. The predicted octanol–water partition coefficient (Wildman–Crippen LogP) is 10.2. The van der Waals surface area contributed by atoms with Crippen LogP contribution in [0.1, 0.15) is 61.1 Å². The van der Waals surface area contributed by atoms with E-state index in [1.54, 1.807) is 0 Å². The molecule has 0 atom stereocenters. The van der Waals surface area contributed by atoms with E-state index in [1.165, 1.54) is 44.5 Å². The summed E-state index contributed by atoms with van der Waals surface area (Å²) in [4.78, 5) is 0. The van der Waals surface area contributed by atoms with E-state index in [4.69, 9.17) is 0 Å². The van der Waals surface area contributed by atoms with Gasteiger partial charge in [0.1, 0.15) is 0 Å². The fourth-order valence-electron chi connectivity index (χ4n) is 9.38. The first-order chi connectivity index (χ1) is 25.9. The number of hydrogen-bond donors (Lipinski definition) is 0. The third kappa shape index (κ3) is 4.86. The summed E-state index contributed by atoms with van der Waals surface area (Å²) in [5, 5.41) is 5.14. The van der Waals surface area contributed by atoms with Crippen LogP contribution in [0.4, 0.5) is 0 Å². The molecule has 0 aromatic heterocycles. The highest BCUT2D eigenvalue weighted by Crippen LogP contribution is 2.58. The lowest BCUT2D eigenvalue weighted by molar-refractivity contribution is 0.591. The summed E-state index contributed by atoms with van der Waals surface area (Å²) in [7, 11) is -6.32. The molecular formula is C50H44O2P2. The van der Waals surface area contributed by atoms with Crippen LogP contribution in [0.3, 0.4) is 0 Å². The second-order valence-corrected chi connectivity index (χ2v) is 21.7. The van der Waals surface area contributed by atoms with Gasteiger partial charge < -0.3 is 9.13 Å². The quantitative estimate of drug-likeness (QED) is 0.159. The zero-order chi connectivity index (χ0) is 37.6. The van der Waals surface area contributed by atoms with Crippen LogP contribution in [-0.4, -0.2) is 0 Å². The van der Waals surface area contributed by atoms with Gasteiger partial charge >= 0.3 is 0 Å². The molecule has 0 spiro atoms. The number of hydrogen-bond acceptors (Lipinski definition) is 2. The van der Waals surface area contributed by atoms with E-state index >= 15 is 9.13 Å². The van der Waals surface area contributed by atoms with Crippen molar-refractivity contribution in [3.05, 3.63) is 191 Å². The molecule has 2 nitrogen and oxygen atoms in total. The molecule has 4 heteroatoms. The van der Waals surface area contributed by atoms with Gasteiger partial charge in [-0.2, -0.15) is 0 Å². The highest BCUT2D eigenvalue weighted by Gasteiger charge is 2.45. The first kappa shape index (κ1) is 34.7. The first-order valence-electron chi connectivity index (χ1n) is 18.8. The van der Waals surface area contributed by atoms with Crippen LogP contribution < -0.4 is 31.8 Å². The highest BCUT2D eigenvalue weighted by atomic mass is 31.2. The smallest absolute Gasteiger partial charge is 0.171 e. The molecule has 0 aliphatic heterocycles. The van der Waals surface area contributed by atoms with Gasteiger partial charge in [-0.3, -0.25) is 0 Å². The molecule has 0 saturated heterocycles. The zero-order valence-corrected chi connectivity index (χ0v) is 33.5. The van der Waals surface area contributed by atoms with Crippen molar-refractivity contribution in [1.82, 2.24) is 0 Å². The minimum Gasteiger partial charge on any atom is -0.309 e. The van der Waals surface area contributed by atoms with Crippen LogP contribution in [0, 0.1) is 13.8 Å². The van der Waals surface area contributed by atoms with Crippen molar-refractivity contribution in [2.24, 2.45) is 0 Å². The van der Waals surface area contributed by atoms with Gasteiger partial charge in [-0.25, -0.2) is 0 Å². The summed E-state index contributed by atoms with van der Waals surface area (Å²) in [6, 6.07) is 53.6. The van der Waals surface area contributed by atoms with Crippen molar-refractivity contribution >= 4 is 46.1 Å². The Morgan fingerprint density at radius 3 is 0.907 bits per heavy atom. The van der Waals surface area contributed by atoms with Crippen LogP contribution in [0.2, 0.25) is 0 Å². The van der Waals surface area contributed by atoms with Gasteiger partial charge in [-0.1, -0.05) is 149 Å². The molecule has 0 radical (unpaired) electrons. The second-order valence-electron chi connectivity index (χ2n) is 16.1. The molecule has 7 aromatic carbocycles. The van der Waals surface area contributed by atoms with Crippen LogP contribution in [0.5, 0.6) is 0 Å². The summed E-state index contributed by atoms with van der Waals surface area (Å²) in [5.74, 6) is 0. The summed E-state index contributed by atoms with van der Waals surface area (Å²) in [6.07, 6.45) is 0. The van der Waals surface area contributed by atoms with Crippen molar-refractivity contribution in [1.29, 1.82) is 0 Å². The Labute approximate surface area is 319 Å². The van der Waals surface area contributed by atoms with Gasteiger partial charge in [0.05, 0.1) is 0 Å². The first-order valence-corrected chi connectivity index (χ1v) is 22.2. The molecule has 0 heterocycles. The molecule has 0 unspecified atom stereocenters. The maximum atomic E-state index is 15.5. The molecule has 0 fully saturated rings. The molecule has 0 N–H and O–H groups in total. The maximum absolute atomic E-state index is 15.5. The lowest BCUT2D eigenvalue weighted by Crippen LogP contribution is -2.27. The normalized spacial score (nSPS) is 14.9. The van der Waals surface area contributed by atoms with Gasteiger partial charge in [0.2, 0.25) is 0 Å². The number of benzene rings is 7. The van der Waals surface area contributed by atoms with E-state index in [-0.39, 0.29) is 10.8 Å². The van der Waals surface area contributed by atoms with E-state index in [2.05, 4.69) is 77.9 Å². The average Bonchev–Trinajstić information content (AvgIpc) is 3.57. The van der Waals surface area contributed by atoms with Gasteiger partial charge in [-0.15, -0.1) is 0 Å². The van der Waals surface area contributed by atoms with E-state index in [0.29, 0.717) is 0 Å². The van der Waals surface area contributed by atoms with E-state index in [0.717, 1.165) is 43.0 Å². The molecule has 0 amide bonds. The van der Waals surface area contributed by atoms with Crippen LogP contribution in [-0.2, 0) is 20.0 Å². The summed E-state index contributed by atoms with van der Waals surface area (Å²) in [6.45, 7) is 13.6. The molecule has 0 bridgehead atoms. The Morgan fingerprint density at radius 1 is 0.352 bits per heavy atom. The lowest BCUT2D eigenvalue weighted by atomic mass is 9.79. The Kier molecular flexibility index (Phi) is 7.89. The Bertz CT molecular complexity index is 2440. The van der Waals surface area contributed by atoms with Crippen molar-refractivity contribution < 1.29 is 9.13 Å². The average molecular weight is 739 g/mol. The van der Waals surface area contributed by atoms with E-state index in [9.17, 15) is 0 Å². The maximum Gasteiger partial charge on any atom is 0.171 e. The second kappa shape index (κ2) is 12.3. The molecule has 9 rings (SSSR count). The molecule has 0 saturated carbocycles. The molecule has 2 aliphatic carbocycles. The van der Waals surface area contributed by atoms with Gasteiger partial charge in [-0.05, 0) is 106 Å². The monoisotopic (exact) mass is 738 g/mol. The molecule has 2 aliphatic rings. The van der Waals surface area contributed by atoms with Crippen LogP contribution in [0.25, 0.3) is 22.3 Å². The van der Waals surface area contributed by atoms with Crippen molar-refractivity contribution in [2.45, 2.75) is 52.4 Å². The Morgan fingerprint density at radius 2 is 0.630 bits per heavy atom.